The Morgan fingerprint density at radius 2 is 2.03 bits per heavy atom. The zero-order valence-electron chi connectivity index (χ0n) is 16.2. The summed E-state index contributed by atoms with van der Waals surface area (Å²) in [6.45, 7) is 0.761. The summed E-state index contributed by atoms with van der Waals surface area (Å²) >= 11 is 5.69. The van der Waals surface area contributed by atoms with Gasteiger partial charge in [0.25, 0.3) is 0 Å². The highest BCUT2D eigenvalue weighted by Gasteiger charge is 2.52. The molecule has 0 radical (unpaired) electrons. The normalized spacial score (nSPS) is 14.9. The van der Waals surface area contributed by atoms with Crippen LogP contribution in [-0.2, 0) is 25.3 Å². The second-order valence-corrected chi connectivity index (χ2v) is 9.02. The third-order valence-corrected chi connectivity index (χ3v) is 6.06. The van der Waals surface area contributed by atoms with Gasteiger partial charge in [-0.25, -0.2) is 17.8 Å². The fourth-order valence-electron chi connectivity index (χ4n) is 2.70. The molecule has 8 nitrogen and oxygen atoms in total. The van der Waals surface area contributed by atoms with E-state index in [1.165, 1.54) is 18.3 Å². The molecule has 1 aliphatic rings. The number of hydrogen-bond donors (Lipinski definition) is 2. The molecule has 1 aliphatic carbocycles. The van der Waals surface area contributed by atoms with Crippen molar-refractivity contribution in [3.05, 3.63) is 52.9 Å². The van der Waals surface area contributed by atoms with E-state index in [0.29, 0.717) is 37.6 Å². The number of amides is 1. The zero-order chi connectivity index (χ0) is 21.8. The summed E-state index contributed by atoms with van der Waals surface area (Å²) in [6.07, 6.45) is 2.09. The second kappa shape index (κ2) is 9.25. The van der Waals surface area contributed by atoms with Crippen LogP contribution in [-0.4, -0.2) is 45.2 Å². The van der Waals surface area contributed by atoms with Gasteiger partial charge in [0.1, 0.15) is 18.0 Å². The molecule has 1 amide bonds. The second-order valence-electron chi connectivity index (χ2n) is 6.86. The first-order valence-electron chi connectivity index (χ1n) is 9.08. The SMILES string of the molecule is COCCOc1ccc(NC(=O)C2(NS(=O)(=O)Cc3ccc(Cl)cc3F)CC2)cn1. The van der Waals surface area contributed by atoms with E-state index in [0.717, 1.165) is 6.07 Å². The molecular formula is C19H21ClFN3O5S. The Labute approximate surface area is 178 Å². The van der Waals surface area contributed by atoms with E-state index in [9.17, 15) is 17.6 Å². The van der Waals surface area contributed by atoms with Gasteiger partial charge in [-0.05, 0) is 31.0 Å². The lowest BCUT2D eigenvalue weighted by molar-refractivity contribution is -0.118. The summed E-state index contributed by atoms with van der Waals surface area (Å²) in [7, 11) is -2.40. The standard InChI is InChI=1S/C19H21ClFN3O5S/c1-28-8-9-29-17-5-4-15(11-22-17)23-18(25)19(6-7-19)24-30(26,27)12-13-2-3-14(20)10-16(13)21/h2-5,10-11,24H,6-9,12H2,1H3,(H,23,25). The molecule has 0 unspecified atom stereocenters. The molecule has 2 aromatic rings. The van der Waals surface area contributed by atoms with Crippen LogP contribution < -0.4 is 14.8 Å². The smallest absolute Gasteiger partial charge is 0.245 e. The molecular weight excluding hydrogens is 437 g/mol. The van der Waals surface area contributed by atoms with Crippen molar-refractivity contribution in [2.75, 3.05) is 25.6 Å². The molecule has 0 aliphatic heterocycles. The van der Waals surface area contributed by atoms with E-state index in [4.69, 9.17) is 21.1 Å². The number of hydrogen-bond acceptors (Lipinski definition) is 6. The van der Waals surface area contributed by atoms with Crippen LogP contribution in [0, 0.1) is 5.82 Å². The lowest BCUT2D eigenvalue weighted by atomic mass is 10.2. The van der Waals surface area contributed by atoms with Crippen molar-refractivity contribution in [1.29, 1.82) is 0 Å². The molecule has 11 heteroatoms. The van der Waals surface area contributed by atoms with Crippen LogP contribution in [0.1, 0.15) is 18.4 Å². The molecule has 0 bridgehead atoms. The Hall–Kier alpha value is -2.27. The summed E-state index contributed by atoms with van der Waals surface area (Å²) in [6, 6.07) is 6.93. The van der Waals surface area contributed by atoms with Crippen molar-refractivity contribution in [1.82, 2.24) is 9.71 Å². The Bertz CT molecular complexity index is 1010. The number of carbonyl (C=O) groups excluding carboxylic acids is 1. The van der Waals surface area contributed by atoms with Gasteiger partial charge in [0.2, 0.25) is 21.8 Å². The Kier molecular flexibility index (Phi) is 6.91. The molecule has 1 heterocycles. The monoisotopic (exact) mass is 457 g/mol. The van der Waals surface area contributed by atoms with Gasteiger partial charge in [0, 0.05) is 23.8 Å². The van der Waals surface area contributed by atoms with Gasteiger partial charge in [-0.3, -0.25) is 4.79 Å². The largest absolute Gasteiger partial charge is 0.475 e. The van der Waals surface area contributed by atoms with Gasteiger partial charge in [-0.1, -0.05) is 17.7 Å². The lowest BCUT2D eigenvalue weighted by Crippen LogP contribution is -2.46. The summed E-state index contributed by atoms with van der Waals surface area (Å²) in [4.78, 5) is 16.7. The molecule has 1 aromatic heterocycles. The molecule has 1 fully saturated rings. The minimum atomic E-state index is -3.96. The number of methoxy groups -OCH3 is 1. The van der Waals surface area contributed by atoms with Crippen LogP contribution >= 0.6 is 11.6 Å². The first-order valence-corrected chi connectivity index (χ1v) is 11.1. The topological polar surface area (TPSA) is 107 Å². The number of aromatic nitrogens is 1. The van der Waals surface area contributed by atoms with E-state index in [-0.39, 0.29) is 10.6 Å². The number of nitrogens with zero attached hydrogens (tertiary/aromatic N) is 1. The van der Waals surface area contributed by atoms with Crippen molar-refractivity contribution >= 4 is 33.2 Å². The van der Waals surface area contributed by atoms with Crippen LogP contribution in [0.3, 0.4) is 0 Å². The van der Waals surface area contributed by atoms with E-state index in [2.05, 4.69) is 15.0 Å². The molecule has 0 atom stereocenters. The van der Waals surface area contributed by atoms with E-state index >= 15 is 0 Å². The van der Waals surface area contributed by atoms with E-state index in [1.54, 1.807) is 19.2 Å². The molecule has 0 spiro atoms. The van der Waals surface area contributed by atoms with Crippen molar-refractivity contribution in [3.8, 4) is 5.88 Å². The lowest BCUT2D eigenvalue weighted by Gasteiger charge is -2.17. The van der Waals surface area contributed by atoms with Gasteiger partial charge >= 0.3 is 0 Å². The van der Waals surface area contributed by atoms with Crippen LogP contribution in [0.5, 0.6) is 5.88 Å². The van der Waals surface area contributed by atoms with Crippen molar-refractivity contribution in [2.45, 2.75) is 24.1 Å². The quantitative estimate of drug-likeness (QED) is 0.531. The van der Waals surface area contributed by atoms with Gasteiger partial charge in [0.15, 0.2) is 0 Å². The Morgan fingerprint density at radius 3 is 2.63 bits per heavy atom. The highest BCUT2D eigenvalue weighted by Crippen LogP contribution is 2.37. The molecule has 30 heavy (non-hydrogen) atoms. The molecule has 162 valence electrons. The van der Waals surface area contributed by atoms with Crippen molar-refractivity contribution in [2.24, 2.45) is 0 Å². The molecule has 1 aromatic carbocycles. The number of ether oxygens (including phenoxy) is 2. The van der Waals surface area contributed by atoms with Gasteiger partial charge in [-0.2, -0.15) is 4.72 Å². The highest BCUT2D eigenvalue weighted by molar-refractivity contribution is 7.88. The number of pyridine rings is 1. The predicted octanol–water partition coefficient (Wildman–Crippen LogP) is 2.49. The number of rotatable bonds is 10. The van der Waals surface area contributed by atoms with Crippen molar-refractivity contribution in [3.63, 3.8) is 0 Å². The van der Waals surface area contributed by atoms with E-state index in [1.807, 2.05) is 0 Å². The Morgan fingerprint density at radius 1 is 1.27 bits per heavy atom. The fourth-order valence-corrected chi connectivity index (χ4v) is 4.46. The van der Waals surface area contributed by atoms with Gasteiger partial charge in [-0.15, -0.1) is 0 Å². The van der Waals surface area contributed by atoms with Crippen LogP contribution in [0.25, 0.3) is 0 Å². The first kappa shape index (κ1) is 22.4. The summed E-state index contributed by atoms with van der Waals surface area (Å²) in [5, 5.41) is 2.81. The average molecular weight is 458 g/mol. The van der Waals surface area contributed by atoms with Gasteiger partial charge in [0.05, 0.1) is 24.2 Å². The first-order chi connectivity index (χ1) is 14.2. The number of anilines is 1. The maximum absolute atomic E-state index is 13.9. The zero-order valence-corrected chi connectivity index (χ0v) is 17.7. The summed E-state index contributed by atoms with van der Waals surface area (Å²) in [5.41, 5.74) is -0.889. The number of carbonyl (C=O) groups is 1. The maximum Gasteiger partial charge on any atom is 0.245 e. The number of benzene rings is 1. The predicted molar refractivity (Wildman–Crippen MR) is 109 cm³/mol. The summed E-state index contributed by atoms with van der Waals surface area (Å²) in [5.74, 6) is -1.45. The fraction of sp³-hybridized carbons (Fsp3) is 0.368. The third-order valence-electron chi connectivity index (χ3n) is 4.43. The molecule has 3 rings (SSSR count). The molecule has 0 saturated heterocycles. The van der Waals surface area contributed by atoms with Crippen LogP contribution in [0.15, 0.2) is 36.5 Å². The average Bonchev–Trinajstić information content (AvgIpc) is 3.45. The van der Waals surface area contributed by atoms with Crippen molar-refractivity contribution < 1.29 is 27.1 Å². The number of nitrogens with one attached hydrogen (secondary N) is 2. The molecule has 2 N–H and O–H groups in total. The number of sulfonamides is 1. The van der Waals surface area contributed by atoms with Crippen LogP contribution in [0.4, 0.5) is 10.1 Å². The van der Waals surface area contributed by atoms with Crippen LogP contribution in [0.2, 0.25) is 5.02 Å². The minimum Gasteiger partial charge on any atom is -0.475 e. The summed E-state index contributed by atoms with van der Waals surface area (Å²) < 4.78 is 51.5. The van der Waals surface area contributed by atoms with E-state index < -0.39 is 33.0 Å². The van der Waals surface area contributed by atoms with Gasteiger partial charge < -0.3 is 14.8 Å². The third kappa shape index (κ3) is 5.88. The highest BCUT2D eigenvalue weighted by atomic mass is 35.5. The number of halogens is 2. The Balaban J connectivity index is 1.60. The minimum absolute atomic E-state index is 0.0311. The maximum atomic E-state index is 13.9. The molecule has 1 saturated carbocycles.